The largest absolute Gasteiger partial charge is 0.342 e. The van der Waals surface area contributed by atoms with Crippen molar-refractivity contribution in [2.24, 2.45) is 5.41 Å². The van der Waals surface area contributed by atoms with E-state index >= 15 is 0 Å². The molecule has 0 N–H and O–H groups in total. The fraction of sp³-hybridized carbons (Fsp3) is 0.478. The molecule has 2 aliphatic rings. The van der Waals surface area contributed by atoms with Crippen molar-refractivity contribution >= 4 is 11.8 Å². The smallest absolute Gasteiger partial charge is 0.228 e. The van der Waals surface area contributed by atoms with E-state index in [2.05, 4.69) is 9.97 Å². The molecule has 6 heteroatoms. The molecule has 0 atom stereocenters. The van der Waals surface area contributed by atoms with Crippen LogP contribution in [-0.4, -0.2) is 51.2 Å². The second-order valence-electron chi connectivity index (χ2n) is 8.40. The molecule has 0 unspecified atom stereocenters. The summed E-state index contributed by atoms with van der Waals surface area (Å²) in [6, 6.07) is 11.6. The molecule has 2 aromatic heterocycles. The van der Waals surface area contributed by atoms with Gasteiger partial charge in [0.15, 0.2) is 0 Å². The summed E-state index contributed by atoms with van der Waals surface area (Å²) >= 11 is 0. The maximum atomic E-state index is 12.6. The minimum atomic E-state index is 0.125. The maximum absolute atomic E-state index is 12.6. The first-order valence-electron chi connectivity index (χ1n) is 10.4. The van der Waals surface area contributed by atoms with Crippen LogP contribution in [0.1, 0.15) is 42.8 Å². The molecule has 152 valence electrons. The average molecular weight is 393 g/mol. The Bertz CT molecular complexity index is 875. The molecule has 2 saturated heterocycles. The highest BCUT2D eigenvalue weighted by Gasteiger charge is 2.41. The summed E-state index contributed by atoms with van der Waals surface area (Å²) < 4.78 is 0. The van der Waals surface area contributed by atoms with E-state index in [0.717, 1.165) is 56.0 Å². The van der Waals surface area contributed by atoms with Gasteiger partial charge in [0.05, 0.1) is 18.7 Å². The topological polar surface area (TPSA) is 66.4 Å². The number of hydrogen-bond acceptors (Lipinski definition) is 4. The number of nitrogens with zero attached hydrogens (tertiary/aromatic N) is 4. The van der Waals surface area contributed by atoms with Gasteiger partial charge in [-0.3, -0.25) is 19.6 Å². The lowest BCUT2D eigenvalue weighted by Crippen LogP contribution is -2.52. The molecule has 29 heavy (non-hydrogen) atoms. The van der Waals surface area contributed by atoms with Crippen LogP contribution in [0.3, 0.4) is 0 Å². The van der Waals surface area contributed by atoms with E-state index in [1.165, 1.54) is 0 Å². The normalized spacial score (nSPS) is 18.9. The van der Waals surface area contributed by atoms with Gasteiger partial charge in [-0.2, -0.15) is 0 Å². The second-order valence-corrected chi connectivity index (χ2v) is 8.40. The number of aryl methyl sites for hydroxylation is 1. The quantitative estimate of drug-likeness (QED) is 0.802. The number of piperidine rings is 2. The minimum Gasteiger partial charge on any atom is -0.342 e. The van der Waals surface area contributed by atoms with E-state index in [9.17, 15) is 9.59 Å². The SMILES string of the molecule is Cc1cccc(CN2CC3(CCC2=O)CCN(C(=O)Cc2ccccn2)CC3)n1. The van der Waals surface area contributed by atoms with Crippen molar-refractivity contribution in [2.45, 2.75) is 45.6 Å². The first-order valence-corrected chi connectivity index (χ1v) is 10.4. The molecule has 0 aliphatic carbocycles. The predicted molar refractivity (Wildman–Crippen MR) is 110 cm³/mol. The van der Waals surface area contributed by atoms with Gasteiger partial charge in [-0.15, -0.1) is 0 Å². The average Bonchev–Trinajstić information content (AvgIpc) is 2.72. The molecule has 0 radical (unpaired) electrons. The van der Waals surface area contributed by atoms with E-state index in [0.29, 0.717) is 19.4 Å². The summed E-state index contributed by atoms with van der Waals surface area (Å²) in [5.74, 6) is 0.360. The molecule has 2 fully saturated rings. The standard InChI is InChI=1S/C23H28N4O2/c1-18-5-4-7-20(25-18)16-27-17-23(9-8-21(27)28)10-13-26(14-11-23)22(29)15-19-6-2-3-12-24-19/h2-7,12H,8-11,13-17H2,1H3. The van der Waals surface area contributed by atoms with Crippen LogP contribution in [0.2, 0.25) is 0 Å². The van der Waals surface area contributed by atoms with Gasteiger partial charge in [0.25, 0.3) is 0 Å². The van der Waals surface area contributed by atoms with Gasteiger partial charge in [0.2, 0.25) is 11.8 Å². The molecular formula is C23H28N4O2. The summed E-state index contributed by atoms with van der Waals surface area (Å²) in [7, 11) is 0. The van der Waals surface area contributed by atoms with Gasteiger partial charge in [-0.05, 0) is 55.9 Å². The molecule has 6 nitrogen and oxygen atoms in total. The Morgan fingerprint density at radius 2 is 1.86 bits per heavy atom. The molecule has 1 spiro atoms. The Balaban J connectivity index is 1.36. The summed E-state index contributed by atoms with van der Waals surface area (Å²) in [4.78, 5) is 37.9. The van der Waals surface area contributed by atoms with Crippen molar-refractivity contribution in [2.75, 3.05) is 19.6 Å². The first kappa shape index (κ1) is 19.6. The van der Waals surface area contributed by atoms with Crippen molar-refractivity contribution in [1.29, 1.82) is 0 Å². The number of pyridine rings is 2. The Morgan fingerprint density at radius 3 is 2.59 bits per heavy atom. The number of amides is 2. The number of hydrogen-bond donors (Lipinski definition) is 0. The molecule has 2 aliphatic heterocycles. The lowest BCUT2D eigenvalue weighted by atomic mass is 9.72. The van der Waals surface area contributed by atoms with Crippen molar-refractivity contribution in [3.05, 3.63) is 59.7 Å². The third-order valence-corrected chi connectivity index (χ3v) is 6.28. The summed E-state index contributed by atoms with van der Waals surface area (Å²) in [5, 5.41) is 0. The molecule has 2 aromatic rings. The number of carbonyl (C=O) groups excluding carboxylic acids is 2. The first-order chi connectivity index (χ1) is 14.0. The summed E-state index contributed by atoms with van der Waals surface area (Å²) in [6.07, 6.45) is 5.50. The number of rotatable bonds is 4. The highest BCUT2D eigenvalue weighted by atomic mass is 16.2. The van der Waals surface area contributed by atoms with E-state index in [1.54, 1.807) is 6.20 Å². The van der Waals surface area contributed by atoms with Crippen LogP contribution in [0.4, 0.5) is 0 Å². The fourth-order valence-electron chi connectivity index (χ4n) is 4.54. The lowest BCUT2D eigenvalue weighted by molar-refractivity contribution is -0.143. The zero-order valence-electron chi connectivity index (χ0n) is 17.0. The maximum Gasteiger partial charge on any atom is 0.228 e. The second kappa shape index (κ2) is 8.31. The molecule has 4 heterocycles. The minimum absolute atomic E-state index is 0.125. The van der Waals surface area contributed by atoms with E-state index in [4.69, 9.17) is 0 Å². The van der Waals surface area contributed by atoms with Crippen LogP contribution >= 0.6 is 0 Å². The van der Waals surface area contributed by atoms with E-state index in [-0.39, 0.29) is 17.2 Å². The molecule has 4 rings (SSSR count). The van der Waals surface area contributed by atoms with Gasteiger partial charge in [-0.25, -0.2) is 0 Å². The van der Waals surface area contributed by atoms with Gasteiger partial charge in [0.1, 0.15) is 0 Å². The van der Waals surface area contributed by atoms with Crippen LogP contribution < -0.4 is 0 Å². The Morgan fingerprint density at radius 1 is 1.07 bits per heavy atom. The lowest BCUT2D eigenvalue weighted by Gasteiger charge is -2.47. The summed E-state index contributed by atoms with van der Waals surface area (Å²) in [6.45, 7) is 4.84. The molecule has 0 aromatic carbocycles. The van der Waals surface area contributed by atoms with Crippen LogP contribution in [0.15, 0.2) is 42.6 Å². The zero-order valence-corrected chi connectivity index (χ0v) is 17.0. The Kier molecular flexibility index (Phi) is 5.60. The molecule has 0 saturated carbocycles. The van der Waals surface area contributed by atoms with Crippen LogP contribution in [0, 0.1) is 12.3 Å². The van der Waals surface area contributed by atoms with Gasteiger partial charge in [0, 0.05) is 43.6 Å². The highest BCUT2D eigenvalue weighted by Crippen LogP contribution is 2.40. The van der Waals surface area contributed by atoms with Crippen molar-refractivity contribution in [3.63, 3.8) is 0 Å². The third-order valence-electron chi connectivity index (χ3n) is 6.28. The Labute approximate surface area is 172 Å². The van der Waals surface area contributed by atoms with Crippen molar-refractivity contribution in [1.82, 2.24) is 19.8 Å². The predicted octanol–water partition coefficient (Wildman–Crippen LogP) is 2.76. The molecule has 0 bridgehead atoms. The zero-order chi connectivity index (χ0) is 20.3. The van der Waals surface area contributed by atoms with Crippen molar-refractivity contribution < 1.29 is 9.59 Å². The van der Waals surface area contributed by atoms with E-state index < -0.39 is 0 Å². The number of likely N-dealkylation sites (tertiary alicyclic amines) is 2. The van der Waals surface area contributed by atoms with E-state index in [1.807, 2.05) is 53.1 Å². The number of aromatic nitrogens is 2. The third kappa shape index (κ3) is 4.63. The fourth-order valence-corrected chi connectivity index (χ4v) is 4.54. The van der Waals surface area contributed by atoms with Crippen LogP contribution in [0.5, 0.6) is 0 Å². The van der Waals surface area contributed by atoms with Gasteiger partial charge < -0.3 is 9.80 Å². The highest BCUT2D eigenvalue weighted by molar-refractivity contribution is 5.79. The molecule has 2 amide bonds. The Hall–Kier alpha value is -2.76. The van der Waals surface area contributed by atoms with Crippen LogP contribution in [-0.2, 0) is 22.6 Å². The number of carbonyl (C=O) groups is 2. The monoisotopic (exact) mass is 392 g/mol. The van der Waals surface area contributed by atoms with Gasteiger partial charge in [-0.1, -0.05) is 12.1 Å². The van der Waals surface area contributed by atoms with Crippen LogP contribution in [0.25, 0.3) is 0 Å². The summed E-state index contributed by atoms with van der Waals surface area (Å²) in [5.41, 5.74) is 2.86. The van der Waals surface area contributed by atoms with Crippen molar-refractivity contribution in [3.8, 4) is 0 Å². The molecular weight excluding hydrogens is 364 g/mol. The van der Waals surface area contributed by atoms with Gasteiger partial charge >= 0.3 is 0 Å².